The second-order valence-corrected chi connectivity index (χ2v) is 4.71. The minimum atomic E-state index is 0.113. The second kappa shape index (κ2) is 5.10. The zero-order valence-electron chi connectivity index (χ0n) is 10.6. The molecule has 5 nitrogen and oxygen atoms in total. The first-order chi connectivity index (χ1) is 8.63. The van der Waals surface area contributed by atoms with Gasteiger partial charge in [-0.2, -0.15) is 0 Å². The van der Waals surface area contributed by atoms with Crippen LogP contribution in [-0.4, -0.2) is 19.0 Å². The lowest BCUT2D eigenvalue weighted by Gasteiger charge is -2.20. The van der Waals surface area contributed by atoms with Crippen LogP contribution in [0.4, 0.5) is 5.69 Å². The van der Waals surface area contributed by atoms with E-state index >= 15 is 0 Å². The van der Waals surface area contributed by atoms with Gasteiger partial charge in [0.05, 0.1) is 0 Å². The first kappa shape index (κ1) is 12.5. The van der Waals surface area contributed by atoms with Gasteiger partial charge in [-0.15, -0.1) is 0 Å². The van der Waals surface area contributed by atoms with E-state index in [9.17, 15) is 4.79 Å². The molecule has 1 saturated heterocycles. The van der Waals surface area contributed by atoms with Crippen molar-refractivity contribution < 1.29 is 4.79 Å². The first-order valence-electron chi connectivity index (χ1n) is 6.01. The van der Waals surface area contributed by atoms with Crippen LogP contribution in [0, 0.1) is 19.8 Å². The molecule has 0 aromatic heterocycles. The van der Waals surface area contributed by atoms with Crippen molar-refractivity contribution in [1.29, 1.82) is 0 Å². The summed E-state index contributed by atoms with van der Waals surface area (Å²) in [5.74, 6) is 0.246. The highest BCUT2D eigenvalue weighted by molar-refractivity contribution is 5.96. The van der Waals surface area contributed by atoms with Gasteiger partial charge in [-0.3, -0.25) is 4.79 Å². The van der Waals surface area contributed by atoms with Gasteiger partial charge in [0.1, 0.15) is 0 Å². The smallest absolute Gasteiger partial charge is 0.227 e. The maximum Gasteiger partial charge on any atom is 0.227 e. The number of aryl methyl sites for hydroxylation is 1. The molecular weight excluding hydrogens is 228 g/mol. The van der Waals surface area contributed by atoms with Gasteiger partial charge in [0, 0.05) is 30.1 Å². The maximum absolute atomic E-state index is 12.0. The Morgan fingerprint density at radius 3 is 3.00 bits per heavy atom. The molecule has 2 rings (SSSR count). The standard InChI is InChI=1S/C13H16N4O/c1-9-4-3-5-12(10(9)2)17-8-11(6-13(17)18)7-15-16-14/h3-5,11H,6-8H2,1-2H3. The molecule has 1 unspecified atom stereocenters. The summed E-state index contributed by atoms with van der Waals surface area (Å²) in [6.45, 7) is 5.10. The predicted molar refractivity (Wildman–Crippen MR) is 70.4 cm³/mol. The molecule has 1 fully saturated rings. The summed E-state index contributed by atoms with van der Waals surface area (Å²) in [5, 5.41) is 3.56. The fraction of sp³-hybridized carbons (Fsp3) is 0.462. The molecule has 0 saturated carbocycles. The molecule has 0 aliphatic carbocycles. The number of benzene rings is 1. The fourth-order valence-corrected chi connectivity index (χ4v) is 2.32. The molecule has 1 aromatic carbocycles. The molecule has 1 amide bonds. The van der Waals surface area contributed by atoms with Crippen molar-refractivity contribution >= 4 is 11.6 Å². The van der Waals surface area contributed by atoms with Gasteiger partial charge in [-0.25, -0.2) is 0 Å². The predicted octanol–water partition coefficient (Wildman–Crippen LogP) is 2.97. The molecular formula is C13H16N4O. The highest BCUT2D eigenvalue weighted by atomic mass is 16.2. The molecule has 1 aromatic rings. The summed E-state index contributed by atoms with van der Waals surface area (Å²) in [6, 6.07) is 5.97. The molecule has 0 radical (unpaired) electrons. The van der Waals surface area contributed by atoms with Crippen LogP contribution in [0.3, 0.4) is 0 Å². The van der Waals surface area contributed by atoms with E-state index in [0.717, 1.165) is 11.3 Å². The van der Waals surface area contributed by atoms with Gasteiger partial charge in [-0.1, -0.05) is 17.2 Å². The summed E-state index contributed by atoms with van der Waals surface area (Å²) in [4.78, 5) is 16.6. The Labute approximate surface area is 106 Å². The van der Waals surface area contributed by atoms with Gasteiger partial charge in [0.25, 0.3) is 0 Å². The van der Waals surface area contributed by atoms with Crippen molar-refractivity contribution in [3.05, 3.63) is 39.8 Å². The zero-order chi connectivity index (χ0) is 13.1. The molecule has 94 valence electrons. The molecule has 1 heterocycles. The van der Waals surface area contributed by atoms with Crippen LogP contribution < -0.4 is 4.90 Å². The summed E-state index contributed by atoms with van der Waals surface area (Å²) < 4.78 is 0. The number of anilines is 1. The van der Waals surface area contributed by atoms with Crippen LogP contribution >= 0.6 is 0 Å². The molecule has 18 heavy (non-hydrogen) atoms. The number of nitrogens with zero attached hydrogens (tertiary/aromatic N) is 4. The monoisotopic (exact) mass is 244 g/mol. The van der Waals surface area contributed by atoms with E-state index in [2.05, 4.69) is 10.0 Å². The Morgan fingerprint density at radius 2 is 2.28 bits per heavy atom. The van der Waals surface area contributed by atoms with Crippen molar-refractivity contribution in [1.82, 2.24) is 0 Å². The van der Waals surface area contributed by atoms with Crippen LogP contribution in [0.1, 0.15) is 17.5 Å². The molecule has 1 atom stereocenters. The number of hydrogen-bond acceptors (Lipinski definition) is 2. The van der Waals surface area contributed by atoms with Crippen molar-refractivity contribution in [2.45, 2.75) is 20.3 Å². The van der Waals surface area contributed by atoms with Crippen molar-refractivity contribution in [3.63, 3.8) is 0 Å². The van der Waals surface area contributed by atoms with E-state index in [1.165, 1.54) is 5.56 Å². The van der Waals surface area contributed by atoms with Crippen molar-refractivity contribution in [2.24, 2.45) is 11.0 Å². The number of azide groups is 1. The normalized spacial score (nSPS) is 18.9. The number of amides is 1. The number of carbonyl (C=O) groups is 1. The van der Waals surface area contributed by atoms with Crippen LogP contribution in [0.2, 0.25) is 0 Å². The third kappa shape index (κ3) is 2.31. The minimum Gasteiger partial charge on any atom is -0.312 e. The summed E-state index contributed by atoms with van der Waals surface area (Å²) >= 11 is 0. The maximum atomic E-state index is 12.0. The highest BCUT2D eigenvalue weighted by Gasteiger charge is 2.30. The largest absolute Gasteiger partial charge is 0.312 e. The van der Waals surface area contributed by atoms with Gasteiger partial charge < -0.3 is 4.90 Å². The van der Waals surface area contributed by atoms with E-state index < -0.39 is 0 Å². The molecule has 1 aliphatic rings. The second-order valence-electron chi connectivity index (χ2n) is 4.71. The van der Waals surface area contributed by atoms with Crippen LogP contribution in [-0.2, 0) is 4.79 Å². The van der Waals surface area contributed by atoms with Crippen LogP contribution in [0.15, 0.2) is 23.3 Å². The zero-order valence-corrected chi connectivity index (χ0v) is 10.6. The highest BCUT2D eigenvalue weighted by Crippen LogP contribution is 2.29. The average molecular weight is 244 g/mol. The summed E-state index contributed by atoms with van der Waals surface area (Å²) in [7, 11) is 0. The Kier molecular flexibility index (Phi) is 3.53. The summed E-state index contributed by atoms with van der Waals surface area (Å²) in [5.41, 5.74) is 11.6. The third-order valence-corrected chi connectivity index (χ3v) is 3.48. The first-order valence-corrected chi connectivity index (χ1v) is 6.01. The lowest BCUT2D eigenvalue weighted by Crippen LogP contribution is -2.25. The van der Waals surface area contributed by atoms with Crippen molar-refractivity contribution in [3.8, 4) is 0 Å². The van der Waals surface area contributed by atoms with Gasteiger partial charge in [0.2, 0.25) is 5.91 Å². The topological polar surface area (TPSA) is 69.1 Å². The molecule has 0 spiro atoms. The SMILES string of the molecule is Cc1cccc(N2CC(CN=[N+]=[N-])CC2=O)c1C. The van der Waals surface area contributed by atoms with Crippen molar-refractivity contribution in [2.75, 3.05) is 18.0 Å². The Balaban J connectivity index is 2.21. The molecule has 1 aliphatic heterocycles. The van der Waals surface area contributed by atoms with Crippen LogP contribution in [0.25, 0.3) is 10.4 Å². The van der Waals surface area contributed by atoms with E-state index in [0.29, 0.717) is 19.5 Å². The number of rotatable bonds is 3. The molecule has 0 bridgehead atoms. The van der Waals surface area contributed by atoms with Gasteiger partial charge in [0.15, 0.2) is 0 Å². The number of carbonyl (C=O) groups excluding carboxylic acids is 1. The Hall–Kier alpha value is -2.00. The lowest BCUT2D eigenvalue weighted by molar-refractivity contribution is -0.117. The quantitative estimate of drug-likeness (QED) is 0.458. The van der Waals surface area contributed by atoms with E-state index in [4.69, 9.17) is 5.53 Å². The van der Waals surface area contributed by atoms with Gasteiger partial charge in [-0.05, 0) is 42.5 Å². The molecule has 5 heteroatoms. The Bertz CT molecular complexity index is 520. The van der Waals surface area contributed by atoms with Gasteiger partial charge >= 0.3 is 0 Å². The Morgan fingerprint density at radius 1 is 1.50 bits per heavy atom. The van der Waals surface area contributed by atoms with E-state index in [-0.39, 0.29) is 11.8 Å². The minimum absolute atomic E-state index is 0.113. The number of hydrogen-bond donors (Lipinski definition) is 0. The van der Waals surface area contributed by atoms with Crippen LogP contribution in [0.5, 0.6) is 0 Å². The third-order valence-electron chi connectivity index (χ3n) is 3.48. The molecule has 0 N–H and O–H groups in total. The lowest BCUT2D eigenvalue weighted by atomic mass is 10.1. The van der Waals surface area contributed by atoms with E-state index in [1.807, 2.05) is 32.0 Å². The average Bonchev–Trinajstić information content (AvgIpc) is 2.71. The van der Waals surface area contributed by atoms with E-state index in [1.54, 1.807) is 4.90 Å². The fourth-order valence-electron chi connectivity index (χ4n) is 2.32. The summed E-state index contributed by atoms with van der Waals surface area (Å²) in [6.07, 6.45) is 0.465.